The molecule has 0 radical (unpaired) electrons. The summed E-state index contributed by atoms with van der Waals surface area (Å²) in [5.74, 6) is 0.760. The number of hydrogen-bond acceptors (Lipinski definition) is 1. The van der Waals surface area contributed by atoms with E-state index in [4.69, 9.17) is 0 Å². The summed E-state index contributed by atoms with van der Waals surface area (Å²) >= 11 is 0. The summed E-state index contributed by atoms with van der Waals surface area (Å²) in [6.45, 7) is 10.9. The molecule has 16 heavy (non-hydrogen) atoms. The zero-order valence-corrected chi connectivity index (χ0v) is 11.3. The molecule has 0 heterocycles. The Labute approximate surface area is 101 Å². The molecule has 1 aromatic carbocycles. The van der Waals surface area contributed by atoms with E-state index in [1.54, 1.807) is 0 Å². The zero-order valence-electron chi connectivity index (χ0n) is 11.3. The average molecular weight is 221 g/mol. The first-order chi connectivity index (χ1) is 7.79. The molecule has 0 atom stereocenters. The van der Waals surface area contributed by atoms with Crippen molar-refractivity contribution in [3.8, 4) is 0 Å². The Morgan fingerprint density at radius 1 is 0.875 bits per heavy atom. The highest BCUT2D eigenvalue weighted by atomic mass is 14.8. The molecule has 0 amide bonds. The molecule has 1 N–H and O–H groups in total. The van der Waals surface area contributed by atoms with E-state index in [0.717, 1.165) is 19.0 Å². The largest absolute Gasteiger partial charge is 0.317 e. The van der Waals surface area contributed by atoms with E-state index in [1.807, 2.05) is 0 Å². The minimum Gasteiger partial charge on any atom is -0.317 e. The topological polar surface area (TPSA) is 12.0 Å². The van der Waals surface area contributed by atoms with Crippen molar-refractivity contribution < 1.29 is 0 Å². The van der Waals surface area contributed by atoms with Crippen molar-refractivity contribution in [3.63, 3.8) is 0 Å². The fourth-order valence-corrected chi connectivity index (χ4v) is 1.74. The van der Waals surface area contributed by atoms with Crippen LogP contribution in [-0.2, 0) is 0 Å². The summed E-state index contributed by atoms with van der Waals surface area (Å²) in [7, 11) is 0. The Hall–Kier alpha value is -0.820. The summed E-state index contributed by atoms with van der Waals surface area (Å²) in [5, 5.41) is 3.11. The molecule has 1 nitrogen and oxygen atoms in total. The smallest absolute Gasteiger partial charge is 0.00775 e. The van der Waals surface area contributed by atoms with Gasteiger partial charge in [0.05, 0.1) is 0 Å². The third-order valence-corrected chi connectivity index (χ3v) is 2.76. The normalized spacial score (nSPS) is 9.81. The first-order valence-corrected chi connectivity index (χ1v) is 6.55. The fraction of sp³-hybridized carbons (Fsp3) is 0.600. The van der Waals surface area contributed by atoms with Gasteiger partial charge < -0.3 is 5.32 Å². The molecule has 0 saturated heterocycles. The maximum Gasteiger partial charge on any atom is -0.00775 e. The second kappa shape index (κ2) is 10.7. The highest BCUT2D eigenvalue weighted by Crippen LogP contribution is 2.21. The number of hydrogen-bond donors (Lipinski definition) is 1. The average Bonchev–Trinajstić information content (AvgIpc) is 2.34. The van der Waals surface area contributed by atoms with Crippen molar-refractivity contribution in [1.82, 2.24) is 5.32 Å². The van der Waals surface area contributed by atoms with Crippen molar-refractivity contribution in [2.24, 2.45) is 0 Å². The molecular formula is C15H27N. The summed E-state index contributed by atoms with van der Waals surface area (Å²) in [4.78, 5) is 0. The van der Waals surface area contributed by atoms with E-state index in [0.29, 0.717) is 0 Å². The van der Waals surface area contributed by atoms with Gasteiger partial charge in [-0.1, -0.05) is 58.0 Å². The summed E-state index contributed by atoms with van der Waals surface area (Å²) < 4.78 is 0. The van der Waals surface area contributed by atoms with Gasteiger partial charge in [0.2, 0.25) is 0 Å². The molecule has 92 valence electrons. The van der Waals surface area contributed by atoms with Gasteiger partial charge in [-0.2, -0.15) is 0 Å². The third kappa shape index (κ3) is 6.62. The van der Waals surface area contributed by atoms with E-state index in [1.165, 1.54) is 18.4 Å². The highest BCUT2D eigenvalue weighted by Gasteiger charge is 2.03. The SMILES string of the molecule is CCC(CC)c1ccccc1.CCNCC. The van der Waals surface area contributed by atoms with E-state index >= 15 is 0 Å². The highest BCUT2D eigenvalue weighted by molar-refractivity contribution is 5.18. The molecule has 1 heteroatoms. The first kappa shape index (κ1) is 15.2. The maximum atomic E-state index is 3.11. The monoisotopic (exact) mass is 221 g/mol. The lowest BCUT2D eigenvalue weighted by atomic mass is 9.94. The number of nitrogens with one attached hydrogen (secondary N) is 1. The quantitative estimate of drug-likeness (QED) is 0.785. The third-order valence-electron chi connectivity index (χ3n) is 2.76. The van der Waals surface area contributed by atoms with Gasteiger partial charge in [-0.05, 0) is 37.4 Å². The Kier molecular flexibility index (Phi) is 10.1. The van der Waals surface area contributed by atoms with Gasteiger partial charge in [-0.3, -0.25) is 0 Å². The maximum absolute atomic E-state index is 3.11. The molecule has 1 rings (SSSR count). The Balaban J connectivity index is 0.000000385. The minimum atomic E-state index is 0.760. The van der Waals surface area contributed by atoms with E-state index in [2.05, 4.69) is 63.3 Å². The molecule has 0 aliphatic heterocycles. The Bertz CT molecular complexity index is 224. The summed E-state index contributed by atoms with van der Waals surface area (Å²) in [6, 6.07) is 10.8. The van der Waals surface area contributed by atoms with Crippen molar-refractivity contribution in [2.45, 2.75) is 46.5 Å². The van der Waals surface area contributed by atoms with Crippen LogP contribution in [0.15, 0.2) is 30.3 Å². The van der Waals surface area contributed by atoms with Crippen molar-refractivity contribution >= 4 is 0 Å². The molecule has 1 aromatic rings. The van der Waals surface area contributed by atoms with Gasteiger partial charge in [-0.15, -0.1) is 0 Å². The first-order valence-electron chi connectivity index (χ1n) is 6.55. The Morgan fingerprint density at radius 2 is 1.38 bits per heavy atom. The molecule has 0 aliphatic rings. The number of rotatable bonds is 5. The van der Waals surface area contributed by atoms with Gasteiger partial charge in [0, 0.05) is 0 Å². The predicted molar refractivity (Wildman–Crippen MR) is 74.0 cm³/mol. The van der Waals surface area contributed by atoms with Crippen LogP contribution in [-0.4, -0.2) is 13.1 Å². The van der Waals surface area contributed by atoms with Crippen LogP contribution < -0.4 is 5.32 Å². The summed E-state index contributed by atoms with van der Waals surface area (Å²) in [5.41, 5.74) is 1.48. The van der Waals surface area contributed by atoms with Crippen LogP contribution in [0.3, 0.4) is 0 Å². The van der Waals surface area contributed by atoms with Crippen LogP contribution in [0.25, 0.3) is 0 Å². The molecule has 0 saturated carbocycles. The lowest BCUT2D eigenvalue weighted by molar-refractivity contribution is 0.642. The zero-order chi connectivity index (χ0) is 12.2. The molecule has 0 aromatic heterocycles. The van der Waals surface area contributed by atoms with Crippen molar-refractivity contribution in [2.75, 3.05) is 13.1 Å². The summed E-state index contributed by atoms with van der Waals surface area (Å²) in [6.07, 6.45) is 2.50. The molecule has 0 unspecified atom stereocenters. The molecule has 0 bridgehead atoms. The van der Waals surface area contributed by atoms with Crippen LogP contribution in [0, 0.1) is 0 Å². The lowest BCUT2D eigenvalue weighted by Gasteiger charge is -2.11. The standard InChI is InChI=1S/C11H16.C4H11N/c1-3-10(4-2)11-8-6-5-7-9-11;1-3-5-4-2/h5-10H,3-4H2,1-2H3;5H,3-4H2,1-2H3. The molecule has 0 fully saturated rings. The van der Waals surface area contributed by atoms with E-state index in [9.17, 15) is 0 Å². The van der Waals surface area contributed by atoms with Gasteiger partial charge in [0.25, 0.3) is 0 Å². The predicted octanol–water partition coefficient (Wildman–Crippen LogP) is 4.21. The molecule has 0 aliphatic carbocycles. The van der Waals surface area contributed by atoms with E-state index in [-0.39, 0.29) is 0 Å². The van der Waals surface area contributed by atoms with Crippen LogP contribution >= 0.6 is 0 Å². The van der Waals surface area contributed by atoms with Crippen LogP contribution in [0.1, 0.15) is 52.0 Å². The van der Waals surface area contributed by atoms with Crippen LogP contribution in [0.5, 0.6) is 0 Å². The lowest BCUT2D eigenvalue weighted by Crippen LogP contribution is -2.09. The van der Waals surface area contributed by atoms with Gasteiger partial charge in [0.1, 0.15) is 0 Å². The van der Waals surface area contributed by atoms with Gasteiger partial charge in [-0.25, -0.2) is 0 Å². The molecule has 0 spiro atoms. The second-order valence-corrected chi connectivity index (χ2v) is 3.88. The fourth-order valence-electron chi connectivity index (χ4n) is 1.74. The van der Waals surface area contributed by atoms with Crippen molar-refractivity contribution in [3.05, 3.63) is 35.9 Å². The molecular weight excluding hydrogens is 194 g/mol. The van der Waals surface area contributed by atoms with Crippen molar-refractivity contribution in [1.29, 1.82) is 0 Å². The minimum absolute atomic E-state index is 0.760. The van der Waals surface area contributed by atoms with Gasteiger partial charge in [0.15, 0.2) is 0 Å². The Morgan fingerprint density at radius 3 is 1.69 bits per heavy atom. The van der Waals surface area contributed by atoms with E-state index < -0.39 is 0 Å². The van der Waals surface area contributed by atoms with Gasteiger partial charge >= 0.3 is 0 Å². The number of benzene rings is 1. The van der Waals surface area contributed by atoms with Crippen LogP contribution in [0.4, 0.5) is 0 Å². The van der Waals surface area contributed by atoms with Crippen LogP contribution in [0.2, 0.25) is 0 Å². The second-order valence-electron chi connectivity index (χ2n) is 3.88.